The molecule has 0 aliphatic carbocycles. The molecule has 0 spiro atoms. The van der Waals surface area contributed by atoms with Crippen molar-refractivity contribution in [2.75, 3.05) is 26.2 Å². The second-order valence-corrected chi connectivity index (χ2v) is 11.0. The second-order valence-electron chi connectivity index (χ2n) is 11.0. The van der Waals surface area contributed by atoms with Gasteiger partial charge in [0.05, 0.1) is 5.69 Å². The molecule has 3 aromatic rings. The number of nitrogens with zero attached hydrogens (tertiary/aromatic N) is 2. The van der Waals surface area contributed by atoms with Gasteiger partial charge in [-0.05, 0) is 79.5 Å². The zero-order valence-electron chi connectivity index (χ0n) is 22.6. The smallest absolute Gasteiger partial charge is 0.199 e. The molecule has 1 fully saturated rings. The maximum atomic E-state index is 6.00. The number of aryl methyl sites for hydroxylation is 1. The van der Waals surface area contributed by atoms with Crippen molar-refractivity contribution in [2.24, 2.45) is 22.1 Å². The molecule has 5 heteroatoms. The minimum Gasteiger partial charge on any atom is -0.489 e. The van der Waals surface area contributed by atoms with Crippen molar-refractivity contribution in [2.45, 2.75) is 46.6 Å². The van der Waals surface area contributed by atoms with Crippen molar-refractivity contribution in [3.63, 3.8) is 0 Å². The molecule has 3 N–H and O–H groups in total. The van der Waals surface area contributed by atoms with Crippen LogP contribution < -0.4 is 15.8 Å². The molecule has 1 saturated heterocycles. The lowest BCUT2D eigenvalue weighted by Gasteiger charge is -2.35. The molecule has 1 aliphatic rings. The van der Waals surface area contributed by atoms with E-state index in [0.29, 0.717) is 19.1 Å². The van der Waals surface area contributed by atoms with Crippen molar-refractivity contribution >= 4 is 11.6 Å². The third kappa shape index (κ3) is 8.36. The Hall–Kier alpha value is -3.31. The van der Waals surface area contributed by atoms with E-state index in [4.69, 9.17) is 15.5 Å². The van der Waals surface area contributed by atoms with Crippen LogP contribution in [0.25, 0.3) is 0 Å². The molecule has 0 unspecified atom stereocenters. The minimum atomic E-state index is 0.0000767. The van der Waals surface area contributed by atoms with Gasteiger partial charge in [0.2, 0.25) is 0 Å². The number of piperidine rings is 1. The molecular weight excluding hydrogens is 456 g/mol. The number of rotatable bonds is 9. The van der Waals surface area contributed by atoms with Crippen molar-refractivity contribution in [1.82, 2.24) is 10.2 Å². The molecule has 0 saturated carbocycles. The van der Waals surface area contributed by atoms with Gasteiger partial charge in [-0.25, -0.2) is 4.99 Å². The van der Waals surface area contributed by atoms with Crippen molar-refractivity contribution in [1.29, 1.82) is 0 Å². The van der Waals surface area contributed by atoms with E-state index in [1.54, 1.807) is 0 Å². The summed E-state index contributed by atoms with van der Waals surface area (Å²) in [6, 6.07) is 27.3. The molecule has 0 bridgehead atoms. The van der Waals surface area contributed by atoms with E-state index < -0.39 is 0 Å². The van der Waals surface area contributed by atoms with Crippen LogP contribution in [0.15, 0.2) is 83.9 Å². The maximum absolute atomic E-state index is 6.00. The molecule has 3 aromatic carbocycles. The van der Waals surface area contributed by atoms with Crippen molar-refractivity contribution in [3.05, 3.63) is 95.6 Å². The normalized spacial score (nSPS) is 15.0. The van der Waals surface area contributed by atoms with Gasteiger partial charge in [0.25, 0.3) is 0 Å². The summed E-state index contributed by atoms with van der Waals surface area (Å²) in [5.74, 6) is 2.50. The van der Waals surface area contributed by atoms with Gasteiger partial charge >= 0.3 is 0 Å². The number of likely N-dealkylation sites (tertiary alicyclic amines) is 1. The molecule has 1 aliphatic heterocycles. The Labute approximate surface area is 222 Å². The van der Waals surface area contributed by atoms with Crippen molar-refractivity contribution in [3.8, 4) is 5.75 Å². The van der Waals surface area contributed by atoms with Crippen LogP contribution in [0, 0.1) is 18.3 Å². The fourth-order valence-electron chi connectivity index (χ4n) is 4.50. The first-order valence-corrected chi connectivity index (χ1v) is 13.5. The summed E-state index contributed by atoms with van der Waals surface area (Å²) >= 11 is 0. The summed E-state index contributed by atoms with van der Waals surface area (Å²) in [7, 11) is 0. The Morgan fingerprint density at radius 2 is 1.62 bits per heavy atom. The van der Waals surface area contributed by atoms with Gasteiger partial charge in [0.15, 0.2) is 5.96 Å². The molecule has 0 radical (unpaired) electrons. The molecule has 196 valence electrons. The van der Waals surface area contributed by atoms with Gasteiger partial charge in [0.1, 0.15) is 12.4 Å². The van der Waals surface area contributed by atoms with E-state index in [9.17, 15) is 0 Å². The highest BCUT2D eigenvalue weighted by molar-refractivity contribution is 5.83. The first-order chi connectivity index (χ1) is 17.9. The second kappa shape index (κ2) is 12.8. The highest BCUT2D eigenvalue weighted by atomic mass is 16.5. The van der Waals surface area contributed by atoms with E-state index in [1.165, 1.54) is 24.0 Å². The number of aliphatic imine (C=N–C) groups is 1. The Bertz CT molecular complexity index is 1120. The number of guanidine groups is 1. The fourth-order valence-corrected chi connectivity index (χ4v) is 4.50. The number of ether oxygens (including phenoxy) is 1. The Morgan fingerprint density at radius 1 is 0.946 bits per heavy atom. The van der Waals surface area contributed by atoms with Gasteiger partial charge in [-0.2, -0.15) is 0 Å². The van der Waals surface area contributed by atoms with Crippen LogP contribution in [0.5, 0.6) is 5.75 Å². The van der Waals surface area contributed by atoms with E-state index >= 15 is 0 Å². The topological polar surface area (TPSA) is 62.9 Å². The molecular formula is C32H42N4O. The predicted molar refractivity (Wildman–Crippen MR) is 154 cm³/mol. The van der Waals surface area contributed by atoms with E-state index in [2.05, 4.69) is 85.6 Å². The van der Waals surface area contributed by atoms with Crippen LogP contribution in [0.1, 0.15) is 43.4 Å². The maximum Gasteiger partial charge on any atom is 0.199 e. The lowest BCUT2D eigenvalue weighted by molar-refractivity contribution is 0.255. The van der Waals surface area contributed by atoms with Crippen molar-refractivity contribution < 1.29 is 4.74 Å². The summed E-state index contributed by atoms with van der Waals surface area (Å²) in [5.41, 5.74) is 10.8. The van der Waals surface area contributed by atoms with Crippen LogP contribution in [0.3, 0.4) is 0 Å². The molecule has 1 heterocycles. The molecule has 0 amide bonds. The third-order valence-corrected chi connectivity index (χ3v) is 7.16. The number of nitrogens with one attached hydrogen (secondary N) is 1. The van der Waals surface area contributed by atoms with E-state index in [1.807, 2.05) is 24.3 Å². The van der Waals surface area contributed by atoms with Gasteiger partial charge in [-0.1, -0.05) is 74.0 Å². The first kappa shape index (κ1) is 26.7. The zero-order chi connectivity index (χ0) is 26.1. The van der Waals surface area contributed by atoms with Crippen LogP contribution in [0.2, 0.25) is 0 Å². The van der Waals surface area contributed by atoms with Crippen LogP contribution in [-0.4, -0.2) is 37.0 Å². The van der Waals surface area contributed by atoms with Gasteiger partial charge in [0, 0.05) is 19.6 Å². The third-order valence-electron chi connectivity index (χ3n) is 7.16. The van der Waals surface area contributed by atoms with Crippen LogP contribution in [-0.2, 0) is 13.0 Å². The minimum absolute atomic E-state index is 0.0000767. The monoisotopic (exact) mass is 498 g/mol. The first-order valence-electron chi connectivity index (χ1n) is 13.5. The number of hydrogen-bond donors (Lipinski definition) is 2. The Morgan fingerprint density at radius 3 is 2.27 bits per heavy atom. The molecule has 5 nitrogen and oxygen atoms in total. The predicted octanol–water partition coefficient (Wildman–Crippen LogP) is 6.09. The summed E-state index contributed by atoms with van der Waals surface area (Å²) < 4.78 is 5.99. The molecule has 0 aromatic heterocycles. The Kier molecular flexibility index (Phi) is 9.24. The lowest BCUT2D eigenvalue weighted by Crippen LogP contribution is -2.49. The number of benzene rings is 3. The lowest BCUT2D eigenvalue weighted by atomic mass is 9.90. The van der Waals surface area contributed by atoms with Gasteiger partial charge in [-0.3, -0.25) is 0 Å². The largest absolute Gasteiger partial charge is 0.489 e. The van der Waals surface area contributed by atoms with Gasteiger partial charge in [-0.15, -0.1) is 0 Å². The quantitative estimate of drug-likeness (QED) is 0.277. The fraction of sp³-hybridized carbons (Fsp3) is 0.406. The highest BCUT2D eigenvalue weighted by Crippen LogP contribution is 2.24. The summed E-state index contributed by atoms with van der Waals surface area (Å²) in [6.07, 6.45) is 3.49. The Balaban J connectivity index is 1.39. The summed E-state index contributed by atoms with van der Waals surface area (Å²) in [6.45, 7) is 10.4. The average Bonchev–Trinajstić information content (AvgIpc) is 2.92. The molecule has 0 atom stereocenters. The van der Waals surface area contributed by atoms with E-state index in [0.717, 1.165) is 49.0 Å². The van der Waals surface area contributed by atoms with Gasteiger partial charge < -0.3 is 20.7 Å². The number of hydrogen-bond acceptors (Lipinski definition) is 3. The van der Waals surface area contributed by atoms with Crippen LogP contribution in [0.4, 0.5) is 5.69 Å². The van der Waals surface area contributed by atoms with Crippen LogP contribution >= 0.6 is 0 Å². The SMILES string of the molecule is Cc1ccc(COc2ccc(/N=C(\NCC(C)(C)CN)N3CCC(Cc4ccccc4)CC3)cc2)cc1. The van der Waals surface area contributed by atoms with E-state index in [-0.39, 0.29) is 5.41 Å². The highest BCUT2D eigenvalue weighted by Gasteiger charge is 2.24. The number of nitrogens with two attached hydrogens (primary N) is 1. The average molecular weight is 499 g/mol. The zero-order valence-corrected chi connectivity index (χ0v) is 22.6. The summed E-state index contributed by atoms with van der Waals surface area (Å²) in [4.78, 5) is 7.43. The standard InChI is InChI=1S/C32H42N4O/c1-25-9-11-28(12-10-25)22-37-30-15-13-29(14-16-30)35-31(34-24-32(2,3)23-33)36-19-17-27(18-20-36)21-26-7-5-4-6-8-26/h4-16,27H,17-24,33H2,1-3H3,(H,34,35). The summed E-state index contributed by atoms with van der Waals surface area (Å²) in [5, 5.41) is 3.62. The molecule has 37 heavy (non-hydrogen) atoms. The molecule has 4 rings (SSSR count).